The molecule has 0 saturated heterocycles. The third kappa shape index (κ3) is 1.77. The molecule has 0 saturated carbocycles. The Morgan fingerprint density at radius 2 is 1.14 bits per heavy atom. The largest absolute Gasteiger partial charge is 0.309 e. The second kappa shape index (κ2) is 5.14. The van der Waals surface area contributed by atoms with Gasteiger partial charge in [0.05, 0.1) is 5.69 Å². The fraction of sp³-hybridized carbons (Fsp3) is 0.111. The minimum atomic E-state index is 1.02. The van der Waals surface area contributed by atoms with E-state index in [0.717, 1.165) is 19.3 Å². The third-order valence-electron chi connectivity index (χ3n) is 6.67. The second-order valence-corrected chi connectivity index (χ2v) is 8.18. The van der Waals surface area contributed by atoms with E-state index >= 15 is 0 Å². The molecule has 4 aromatic rings. The van der Waals surface area contributed by atoms with E-state index in [4.69, 9.17) is 0 Å². The van der Waals surface area contributed by atoms with Crippen LogP contribution in [0.25, 0.3) is 11.1 Å². The maximum Gasteiger partial charge on any atom is 0.0539 e. The van der Waals surface area contributed by atoms with Gasteiger partial charge in [0.1, 0.15) is 0 Å². The third-order valence-corrected chi connectivity index (χ3v) is 6.67. The van der Waals surface area contributed by atoms with Gasteiger partial charge in [0, 0.05) is 24.2 Å². The quantitative estimate of drug-likeness (QED) is 0.298. The van der Waals surface area contributed by atoms with Gasteiger partial charge < -0.3 is 4.90 Å². The molecule has 0 aromatic heterocycles. The van der Waals surface area contributed by atoms with Gasteiger partial charge >= 0.3 is 0 Å². The van der Waals surface area contributed by atoms with Gasteiger partial charge in [-0.25, -0.2) is 0 Å². The standard InChI is InChI=1S/C27H19N/c1-4-10-22-17(7-1)13-20-15-21-14-18-8-2-5-11-24(18)28-25-12-6-3-9-19(25)16-23(26(20)22)27(21)28/h1-12,15H,13-14,16H2. The van der Waals surface area contributed by atoms with Crippen LogP contribution < -0.4 is 4.90 Å². The summed E-state index contributed by atoms with van der Waals surface area (Å²) in [5, 5.41) is 0. The lowest BCUT2D eigenvalue weighted by Gasteiger charge is -2.40. The molecule has 1 nitrogen and oxygen atoms in total. The summed E-state index contributed by atoms with van der Waals surface area (Å²) in [5.41, 5.74) is 15.9. The van der Waals surface area contributed by atoms with Gasteiger partial charge in [0.25, 0.3) is 0 Å². The van der Waals surface area contributed by atoms with Crippen LogP contribution in [0.15, 0.2) is 78.9 Å². The maximum absolute atomic E-state index is 2.53. The smallest absolute Gasteiger partial charge is 0.0539 e. The normalized spacial score (nSPS) is 14.6. The number of hydrogen-bond donors (Lipinski definition) is 0. The summed E-state index contributed by atoms with van der Waals surface area (Å²) in [4.78, 5) is 2.53. The van der Waals surface area contributed by atoms with Crippen LogP contribution in [0.3, 0.4) is 0 Å². The van der Waals surface area contributed by atoms with E-state index in [2.05, 4.69) is 83.8 Å². The number of fused-ring (bicyclic) bond motifs is 8. The molecule has 4 aromatic carbocycles. The lowest BCUT2D eigenvalue weighted by molar-refractivity contribution is 1.01. The molecule has 0 radical (unpaired) electrons. The Hall–Kier alpha value is -3.32. The van der Waals surface area contributed by atoms with E-state index in [9.17, 15) is 0 Å². The number of nitrogens with zero attached hydrogens (tertiary/aromatic N) is 1. The highest BCUT2D eigenvalue weighted by Gasteiger charge is 2.35. The number of hydrogen-bond acceptors (Lipinski definition) is 1. The van der Waals surface area contributed by atoms with E-state index in [1.165, 1.54) is 61.6 Å². The summed E-state index contributed by atoms with van der Waals surface area (Å²) in [6, 6.07) is 29.3. The molecule has 2 heterocycles. The van der Waals surface area contributed by atoms with Crippen molar-refractivity contribution in [2.24, 2.45) is 0 Å². The van der Waals surface area contributed by atoms with Crippen molar-refractivity contribution in [2.75, 3.05) is 4.90 Å². The molecule has 0 atom stereocenters. The van der Waals surface area contributed by atoms with Gasteiger partial charge in [0.2, 0.25) is 0 Å². The van der Waals surface area contributed by atoms with Crippen LogP contribution in [-0.2, 0) is 19.3 Å². The molecule has 1 heteroatoms. The number of para-hydroxylation sites is 2. The number of anilines is 3. The van der Waals surface area contributed by atoms with Crippen LogP contribution in [0.5, 0.6) is 0 Å². The van der Waals surface area contributed by atoms with Crippen LogP contribution in [0.4, 0.5) is 17.1 Å². The molecule has 132 valence electrons. The zero-order chi connectivity index (χ0) is 18.2. The highest BCUT2D eigenvalue weighted by atomic mass is 15.2. The predicted molar refractivity (Wildman–Crippen MR) is 115 cm³/mol. The van der Waals surface area contributed by atoms with Gasteiger partial charge in [-0.15, -0.1) is 0 Å². The zero-order valence-electron chi connectivity index (χ0n) is 15.6. The molecule has 0 amide bonds. The lowest BCUT2D eigenvalue weighted by Crippen LogP contribution is -2.25. The van der Waals surface area contributed by atoms with E-state index in [-0.39, 0.29) is 0 Å². The van der Waals surface area contributed by atoms with Gasteiger partial charge in [-0.1, -0.05) is 66.7 Å². The Balaban J connectivity index is 1.60. The van der Waals surface area contributed by atoms with Crippen molar-refractivity contribution < 1.29 is 0 Å². The SMILES string of the molecule is c1ccc2c(c1)Cc1cc3c4c(c1-2)Cc1ccccc1N4c1ccccc1C3. The van der Waals surface area contributed by atoms with Crippen molar-refractivity contribution in [2.45, 2.75) is 19.3 Å². The summed E-state index contributed by atoms with van der Waals surface area (Å²) in [7, 11) is 0. The molecule has 1 aliphatic carbocycles. The van der Waals surface area contributed by atoms with E-state index in [0.29, 0.717) is 0 Å². The zero-order valence-corrected chi connectivity index (χ0v) is 15.6. The van der Waals surface area contributed by atoms with Gasteiger partial charge in [-0.2, -0.15) is 0 Å². The second-order valence-electron chi connectivity index (χ2n) is 8.18. The fourth-order valence-electron chi connectivity index (χ4n) is 5.56. The highest BCUT2D eigenvalue weighted by molar-refractivity contribution is 5.95. The first-order valence-corrected chi connectivity index (χ1v) is 10.1. The Morgan fingerprint density at radius 1 is 0.536 bits per heavy atom. The monoisotopic (exact) mass is 357 g/mol. The van der Waals surface area contributed by atoms with Gasteiger partial charge in [-0.05, 0) is 63.1 Å². The first-order chi connectivity index (χ1) is 13.9. The first-order valence-electron chi connectivity index (χ1n) is 10.1. The van der Waals surface area contributed by atoms with Crippen molar-refractivity contribution in [1.82, 2.24) is 0 Å². The summed E-state index contributed by atoms with van der Waals surface area (Å²) in [6.07, 6.45) is 3.12. The number of rotatable bonds is 0. The van der Waals surface area contributed by atoms with E-state index < -0.39 is 0 Å². The van der Waals surface area contributed by atoms with Crippen LogP contribution in [-0.4, -0.2) is 0 Å². The van der Waals surface area contributed by atoms with Crippen molar-refractivity contribution >= 4 is 17.1 Å². The van der Waals surface area contributed by atoms with Crippen LogP contribution >= 0.6 is 0 Å². The molecular weight excluding hydrogens is 338 g/mol. The van der Waals surface area contributed by atoms with Crippen molar-refractivity contribution in [3.63, 3.8) is 0 Å². The summed E-state index contributed by atoms with van der Waals surface area (Å²) in [6.45, 7) is 0. The molecular formula is C27H19N. The lowest BCUT2D eigenvalue weighted by atomic mass is 9.82. The molecule has 0 bridgehead atoms. The van der Waals surface area contributed by atoms with Gasteiger partial charge in [0.15, 0.2) is 0 Å². The summed E-state index contributed by atoms with van der Waals surface area (Å²) >= 11 is 0. The number of benzene rings is 4. The molecule has 2 aliphatic heterocycles. The van der Waals surface area contributed by atoms with Crippen LogP contribution in [0.1, 0.15) is 33.4 Å². The van der Waals surface area contributed by atoms with E-state index in [1.54, 1.807) is 0 Å². The molecule has 7 rings (SSSR count). The molecule has 0 spiro atoms. The fourth-order valence-corrected chi connectivity index (χ4v) is 5.56. The topological polar surface area (TPSA) is 3.24 Å². The highest BCUT2D eigenvalue weighted by Crippen LogP contribution is 2.54. The Kier molecular flexibility index (Phi) is 2.70. The molecule has 3 aliphatic rings. The Bertz CT molecular complexity index is 1290. The van der Waals surface area contributed by atoms with Crippen molar-refractivity contribution in [1.29, 1.82) is 0 Å². The van der Waals surface area contributed by atoms with Crippen LogP contribution in [0.2, 0.25) is 0 Å². The predicted octanol–water partition coefficient (Wildman–Crippen LogP) is 6.54. The molecule has 0 N–H and O–H groups in total. The van der Waals surface area contributed by atoms with Crippen LogP contribution in [0, 0.1) is 0 Å². The van der Waals surface area contributed by atoms with Crippen molar-refractivity contribution in [3.8, 4) is 11.1 Å². The maximum atomic E-state index is 2.53. The van der Waals surface area contributed by atoms with Crippen molar-refractivity contribution in [3.05, 3.63) is 112 Å². The Labute approximate surface area is 164 Å². The molecule has 28 heavy (non-hydrogen) atoms. The summed E-state index contributed by atoms with van der Waals surface area (Å²) in [5.74, 6) is 0. The molecule has 0 unspecified atom stereocenters. The Morgan fingerprint density at radius 3 is 1.93 bits per heavy atom. The minimum absolute atomic E-state index is 1.02. The average molecular weight is 357 g/mol. The summed E-state index contributed by atoms with van der Waals surface area (Å²) < 4.78 is 0. The van der Waals surface area contributed by atoms with Gasteiger partial charge in [-0.3, -0.25) is 0 Å². The molecule has 0 fully saturated rings. The minimum Gasteiger partial charge on any atom is -0.309 e. The first kappa shape index (κ1) is 14.7. The van der Waals surface area contributed by atoms with E-state index in [1.807, 2.05) is 0 Å². The average Bonchev–Trinajstić information content (AvgIpc) is 3.11.